The van der Waals surface area contributed by atoms with E-state index in [0.717, 1.165) is 23.3 Å². The van der Waals surface area contributed by atoms with Crippen LogP contribution >= 0.6 is 0 Å². The predicted molar refractivity (Wildman–Crippen MR) is 110 cm³/mol. The van der Waals surface area contributed by atoms with E-state index in [0.29, 0.717) is 5.56 Å². The minimum Gasteiger partial charge on any atom is -0.349 e. The molecule has 4 aliphatic rings. The van der Waals surface area contributed by atoms with Crippen LogP contribution in [0.3, 0.4) is 0 Å². The Morgan fingerprint density at radius 1 is 1.11 bits per heavy atom. The molecule has 1 amide bonds. The minimum atomic E-state index is -3.56. The fourth-order valence-corrected chi connectivity index (χ4v) is 7.28. The Morgan fingerprint density at radius 3 is 2.14 bits per heavy atom. The number of hydrogen-bond donors (Lipinski definition) is 1. The molecule has 0 unspecified atom stereocenters. The van der Waals surface area contributed by atoms with Crippen LogP contribution in [0.15, 0.2) is 23.1 Å². The van der Waals surface area contributed by atoms with Crippen molar-refractivity contribution in [3.05, 3.63) is 29.3 Å². The standard InChI is InChI=1S/C22H32N2O3S/c1-14-5-6-19(28(26,27)24(3)4)10-20(14)21(25)23-15(2)22-11-16-7-17(12-22)9-18(8-16)13-22/h5-6,10,15-18H,7-9,11-13H2,1-4H3,(H,23,25)/t15-,16?,17?,18?,22?/m1/s1. The smallest absolute Gasteiger partial charge is 0.251 e. The van der Waals surface area contributed by atoms with Gasteiger partial charge in [0.05, 0.1) is 4.90 Å². The highest BCUT2D eigenvalue weighted by atomic mass is 32.2. The Balaban J connectivity index is 1.56. The van der Waals surface area contributed by atoms with Crippen LogP contribution in [0.2, 0.25) is 0 Å². The van der Waals surface area contributed by atoms with Crippen LogP contribution in [-0.4, -0.2) is 38.8 Å². The lowest BCUT2D eigenvalue weighted by Gasteiger charge is -2.59. The summed E-state index contributed by atoms with van der Waals surface area (Å²) in [7, 11) is -0.554. The zero-order chi connectivity index (χ0) is 20.3. The second kappa shape index (κ2) is 6.84. The Morgan fingerprint density at radius 2 is 1.64 bits per heavy atom. The van der Waals surface area contributed by atoms with Gasteiger partial charge in [-0.15, -0.1) is 0 Å². The highest BCUT2D eigenvalue weighted by Crippen LogP contribution is 2.61. The molecule has 0 saturated heterocycles. The van der Waals surface area contributed by atoms with Gasteiger partial charge < -0.3 is 5.32 Å². The first-order chi connectivity index (χ1) is 13.1. The number of amides is 1. The van der Waals surface area contributed by atoms with E-state index in [4.69, 9.17) is 0 Å². The summed E-state index contributed by atoms with van der Waals surface area (Å²) in [5, 5.41) is 3.25. The molecule has 154 valence electrons. The first kappa shape index (κ1) is 19.9. The van der Waals surface area contributed by atoms with Crippen molar-refractivity contribution in [1.82, 2.24) is 9.62 Å². The van der Waals surface area contributed by atoms with Gasteiger partial charge in [-0.05, 0) is 93.2 Å². The molecule has 1 aromatic rings. The summed E-state index contributed by atoms with van der Waals surface area (Å²) in [5.41, 5.74) is 1.48. The summed E-state index contributed by atoms with van der Waals surface area (Å²) in [6.07, 6.45) is 7.83. The van der Waals surface area contributed by atoms with Crippen molar-refractivity contribution in [2.45, 2.75) is 63.3 Å². The normalized spacial score (nSPS) is 32.5. The number of benzene rings is 1. The van der Waals surface area contributed by atoms with Gasteiger partial charge in [-0.3, -0.25) is 4.79 Å². The van der Waals surface area contributed by atoms with Crippen molar-refractivity contribution in [3.8, 4) is 0 Å². The van der Waals surface area contributed by atoms with Gasteiger partial charge in [0.15, 0.2) is 0 Å². The molecule has 1 aromatic carbocycles. The fourth-order valence-electron chi connectivity index (χ4n) is 6.35. The Labute approximate surface area is 168 Å². The molecule has 5 nitrogen and oxygen atoms in total. The van der Waals surface area contributed by atoms with Crippen LogP contribution < -0.4 is 5.32 Å². The van der Waals surface area contributed by atoms with E-state index >= 15 is 0 Å². The predicted octanol–water partition coefficient (Wildman–Crippen LogP) is 3.58. The topological polar surface area (TPSA) is 66.5 Å². The van der Waals surface area contributed by atoms with Crippen LogP contribution in [0.1, 0.15) is 61.4 Å². The van der Waals surface area contributed by atoms with Gasteiger partial charge in [0.25, 0.3) is 5.91 Å². The van der Waals surface area contributed by atoms with Crippen molar-refractivity contribution in [3.63, 3.8) is 0 Å². The average Bonchev–Trinajstić information content (AvgIpc) is 2.60. The molecule has 6 heteroatoms. The van der Waals surface area contributed by atoms with Crippen molar-refractivity contribution >= 4 is 15.9 Å². The molecule has 4 saturated carbocycles. The van der Waals surface area contributed by atoms with Crippen LogP contribution in [-0.2, 0) is 10.0 Å². The Kier molecular flexibility index (Phi) is 4.86. The maximum atomic E-state index is 13.1. The van der Waals surface area contributed by atoms with Crippen molar-refractivity contribution in [1.29, 1.82) is 0 Å². The lowest BCUT2D eigenvalue weighted by Crippen LogP contribution is -2.55. The number of carbonyl (C=O) groups is 1. The summed E-state index contributed by atoms with van der Waals surface area (Å²) in [4.78, 5) is 13.3. The van der Waals surface area contributed by atoms with Gasteiger partial charge in [0, 0.05) is 25.7 Å². The molecule has 5 rings (SSSR count). The van der Waals surface area contributed by atoms with Crippen molar-refractivity contribution < 1.29 is 13.2 Å². The van der Waals surface area contributed by atoms with Crippen molar-refractivity contribution in [2.24, 2.45) is 23.2 Å². The van der Waals surface area contributed by atoms with E-state index in [-0.39, 0.29) is 22.3 Å². The maximum absolute atomic E-state index is 13.1. The molecule has 1 atom stereocenters. The Bertz CT molecular complexity index is 856. The molecule has 0 radical (unpaired) electrons. The third-order valence-electron chi connectivity index (χ3n) is 7.58. The second-order valence-corrected chi connectivity index (χ2v) is 11.9. The molecule has 0 aliphatic heterocycles. The van der Waals surface area contributed by atoms with E-state index in [1.54, 1.807) is 12.1 Å². The van der Waals surface area contributed by atoms with Gasteiger partial charge in [-0.1, -0.05) is 6.07 Å². The molecule has 4 aliphatic carbocycles. The Hall–Kier alpha value is -1.40. The minimum absolute atomic E-state index is 0.113. The first-order valence-electron chi connectivity index (χ1n) is 10.4. The van der Waals surface area contributed by atoms with Gasteiger partial charge >= 0.3 is 0 Å². The maximum Gasteiger partial charge on any atom is 0.251 e. The molecular formula is C22H32N2O3S. The summed E-state index contributed by atoms with van der Waals surface area (Å²) < 4.78 is 26.1. The third-order valence-corrected chi connectivity index (χ3v) is 9.40. The SMILES string of the molecule is Cc1ccc(S(=O)(=O)N(C)C)cc1C(=O)N[C@H](C)C12CC3CC(CC(C3)C1)C2. The molecule has 0 spiro atoms. The van der Waals surface area contributed by atoms with Gasteiger partial charge in [0.1, 0.15) is 0 Å². The number of hydrogen-bond acceptors (Lipinski definition) is 3. The summed E-state index contributed by atoms with van der Waals surface area (Å²) >= 11 is 0. The fraction of sp³-hybridized carbons (Fsp3) is 0.682. The zero-order valence-electron chi connectivity index (χ0n) is 17.4. The first-order valence-corrected chi connectivity index (χ1v) is 11.9. The molecule has 28 heavy (non-hydrogen) atoms. The number of aryl methyl sites for hydroxylation is 1. The molecule has 1 N–H and O–H groups in total. The quantitative estimate of drug-likeness (QED) is 0.816. The zero-order valence-corrected chi connectivity index (χ0v) is 18.2. The summed E-state index contributed by atoms with van der Waals surface area (Å²) in [5.74, 6) is 2.35. The monoisotopic (exact) mass is 404 g/mol. The second-order valence-electron chi connectivity index (χ2n) is 9.74. The number of nitrogens with one attached hydrogen (secondary N) is 1. The third kappa shape index (κ3) is 3.28. The number of carbonyl (C=O) groups excluding carboxylic acids is 1. The lowest BCUT2D eigenvalue weighted by molar-refractivity contribution is -0.0688. The molecular weight excluding hydrogens is 372 g/mol. The van der Waals surface area contributed by atoms with E-state index in [9.17, 15) is 13.2 Å². The molecule has 0 aromatic heterocycles. The number of nitrogens with zero attached hydrogens (tertiary/aromatic N) is 1. The van der Waals surface area contributed by atoms with Crippen LogP contribution in [0.25, 0.3) is 0 Å². The lowest BCUT2D eigenvalue weighted by atomic mass is 9.48. The average molecular weight is 405 g/mol. The molecule has 4 bridgehead atoms. The van der Waals surface area contributed by atoms with E-state index in [2.05, 4.69) is 12.2 Å². The molecule has 4 fully saturated rings. The van der Waals surface area contributed by atoms with Gasteiger partial charge in [-0.2, -0.15) is 0 Å². The van der Waals surface area contributed by atoms with Crippen LogP contribution in [0.4, 0.5) is 0 Å². The van der Waals surface area contributed by atoms with Gasteiger partial charge in [0.2, 0.25) is 10.0 Å². The largest absolute Gasteiger partial charge is 0.349 e. The summed E-state index contributed by atoms with van der Waals surface area (Å²) in [6.45, 7) is 4.01. The molecule has 0 heterocycles. The van der Waals surface area contributed by atoms with Crippen LogP contribution in [0, 0.1) is 30.1 Å². The van der Waals surface area contributed by atoms with E-state index < -0.39 is 10.0 Å². The van der Waals surface area contributed by atoms with E-state index in [1.165, 1.54) is 63.0 Å². The van der Waals surface area contributed by atoms with E-state index in [1.807, 2.05) is 6.92 Å². The highest BCUT2D eigenvalue weighted by molar-refractivity contribution is 7.89. The van der Waals surface area contributed by atoms with Gasteiger partial charge in [-0.25, -0.2) is 12.7 Å². The van der Waals surface area contributed by atoms with Crippen molar-refractivity contribution in [2.75, 3.05) is 14.1 Å². The summed E-state index contributed by atoms with van der Waals surface area (Å²) in [6, 6.07) is 4.93. The number of sulfonamides is 1. The number of rotatable bonds is 5. The van der Waals surface area contributed by atoms with Crippen LogP contribution in [0.5, 0.6) is 0 Å². The highest BCUT2D eigenvalue weighted by Gasteiger charge is 2.53.